The fourth-order valence-corrected chi connectivity index (χ4v) is 3.07. The van der Waals surface area contributed by atoms with Crippen molar-refractivity contribution in [3.63, 3.8) is 0 Å². The summed E-state index contributed by atoms with van der Waals surface area (Å²) in [6.45, 7) is 2.02. The van der Waals surface area contributed by atoms with Gasteiger partial charge in [0.25, 0.3) is 5.69 Å². The van der Waals surface area contributed by atoms with E-state index in [0.717, 1.165) is 22.1 Å². The first kappa shape index (κ1) is 13.3. The maximum absolute atomic E-state index is 10.8. The Morgan fingerprint density at radius 3 is 2.67 bits per heavy atom. The molecular weight excluding hydrogens is 296 g/mol. The van der Waals surface area contributed by atoms with E-state index >= 15 is 0 Å². The molecule has 5 heteroatoms. The number of halogens is 1. The fourth-order valence-electron chi connectivity index (χ4n) is 2.47. The molecule has 0 saturated heterocycles. The van der Waals surface area contributed by atoms with Crippen molar-refractivity contribution in [1.82, 2.24) is 0 Å². The van der Waals surface area contributed by atoms with Gasteiger partial charge in [0, 0.05) is 22.6 Å². The highest BCUT2D eigenvalue weighted by molar-refractivity contribution is 9.10. The number of anilines is 1. The maximum atomic E-state index is 10.8. The molecule has 98 valence electrons. The maximum Gasteiger partial charge on any atom is 0.270 e. The van der Waals surface area contributed by atoms with Gasteiger partial charge < -0.3 is 5.32 Å². The molecule has 0 aliphatic heterocycles. The number of benzene rings is 1. The first-order valence-corrected chi connectivity index (χ1v) is 7.14. The monoisotopic (exact) mass is 312 g/mol. The summed E-state index contributed by atoms with van der Waals surface area (Å²) in [5.41, 5.74) is 2.17. The molecule has 0 atom stereocenters. The minimum absolute atomic E-state index is 0.149. The van der Waals surface area contributed by atoms with E-state index in [0.29, 0.717) is 6.04 Å². The summed E-state index contributed by atoms with van der Waals surface area (Å²) < 4.78 is 0.792. The van der Waals surface area contributed by atoms with Gasteiger partial charge in [-0.15, -0.1) is 0 Å². The summed E-state index contributed by atoms with van der Waals surface area (Å²) in [7, 11) is 0. The molecule has 0 radical (unpaired) electrons. The third kappa shape index (κ3) is 2.83. The van der Waals surface area contributed by atoms with Crippen molar-refractivity contribution in [2.24, 2.45) is 0 Å². The minimum atomic E-state index is -0.344. The Bertz CT molecular complexity index is 457. The Hall–Kier alpha value is -1.10. The van der Waals surface area contributed by atoms with Gasteiger partial charge in [-0.25, -0.2) is 0 Å². The zero-order valence-electron chi connectivity index (χ0n) is 10.4. The summed E-state index contributed by atoms with van der Waals surface area (Å²) in [4.78, 5) is 10.5. The van der Waals surface area contributed by atoms with Crippen LogP contribution in [0, 0.1) is 10.1 Å². The molecule has 18 heavy (non-hydrogen) atoms. The molecular formula is C13H17BrN2O2. The smallest absolute Gasteiger partial charge is 0.270 e. The number of non-ortho nitro benzene ring substituents is 1. The number of aryl methyl sites for hydroxylation is 1. The molecule has 1 aromatic carbocycles. The molecule has 1 aliphatic carbocycles. The zero-order chi connectivity index (χ0) is 13.1. The predicted octanol–water partition coefficient (Wildman–Crippen LogP) is 4.27. The second-order valence-electron chi connectivity index (χ2n) is 4.70. The minimum Gasteiger partial charge on any atom is -0.381 e. The Morgan fingerprint density at radius 1 is 1.44 bits per heavy atom. The van der Waals surface area contributed by atoms with Crippen molar-refractivity contribution in [3.05, 3.63) is 32.3 Å². The number of nitrogens with one attached hydrogen (secondary N) is 1. The van der Waals surface area contributed by atoms with Crippen LogP contribution in [0.15, 0.2) is 16.6 Å². The molecule has 0 bridgehead atoms. The second kappa shape index (κ2) is 5.69. The number of nitrogens with zero attached hydrogens (tertiary/aromatic N) is 1. The zero-order valence-corrected chi connectivity index (χ0v) is 12.0. The summed E-state index contributed by atoms with van der Waals surface area (Å²) >= 11 is 3.45. The fraction of sp³-hybridized carbons (Fsp3) is 0.538. The predicted molar refractivity (Wildman–Crippen MR) is 76.1 cm³/mol. The topological polar surface area (TPSA) is 55.2 Å². The van der Waals surface area contributed by atoms with Crippen LogP contribution in [0.4, 0.5) is 11.4 Å². The first-order chi connectivity index (χ1) is 8.61. The molecule has 1 N–H and O–H groups in total. The second-order valence-corrected chi connectivity index (χ2v) is 5.55. The van der Waals surface area contributed by atoms with Crippen molar-refractivity contribution in [3.8, 4) is 0 Å². The van der Waals surface area contributed by atoms with E-state index in [1.165, 1.54) is 25.7 Å². The van der Waals surface area contributed by atoms with E-state index in [9.17, 15) is 10.1 Å². The van der Waals surface area contributed by atoms with Gasteiger partial charge in [-0.2, -0.15) is 0 Å². The third-order valence-electron chi connectivity index (χ3n) is 3.45. The van der Waals surface area contributed by atoms with Gasteiger partial charge in [0.2, 0.25) is 0 Å². The highest BCUT2D eigenvalue weighted by Crippen LogP contribution is 2.34. The quantitative estimate of drug-likeness (QED) is 0.667. The average molecular weight is 313 g/mol. The van der Waals surface area contributed by atoms with Gasteiger partial charge in [-0.05, 0) is 40.8 Å². The molecule has 1 saturated carbocycles. The Kier molecular flexibility index (Phi) is 4.22. The van der Waals surface area contributed by atoms with Crippen molar-refractivity contribution in [1.29, 1.82) is 0 Å². The largest absolute Gasteiger partial charge is 0.381 e. The van der Waals surface area contributed by atoms with Crippen LogP contribution < -0.4 is 5.32 Å². The van der Waals surface area contributed by atoms with Gasteiger partial charge in [-0.1, -0.05) is 19.8 Å². The van der Waals surface area contributed by atoms with Crippen LogP contribution in [0.25, 0.3) is 0 Å². The van der Waals surface area contributed by atoms with Crippen LogP contribution in [-0.2, 0) is 6.42 Å². The summed E-state index contributed by atoms with van der Waals surface area (Å²) in [6.07, 6.45) is 5.70. The van der Waals surface area contributed by atoms with Crippen LogP contribution in [0.5, 0.6) is 0 Å². The van der Waals surface area contributed by atoms with Gasteiger partial charge in [0.05, 0.1) is 10.6 Å². The SMILES string of the molecule is CCc1cc([N+](=O)[O-])cc(Br)c1NC1CCCC1. The molecule has 1 fully saturated rings. The highest BCUT2D eigenvalue weighted by atomic mass is 79.9. The molecule has 0 heterocycles. The van der Waals surface area contributed by atoms with E-state index in [1.54, 1.807) is 12.1 Å². The third-order valence-corrected chi connectivity index (χ3v) is 4.08. The molecule has 2 rings (SSSR count). The molecule has 0 spiro atoms. The average Bonchev–Trinajstić information content (AvgIpc) is 2.84. The van der Waals surface area contributed by atoms with E-state index in [4.69, 9.17) is 0 Å². The normalized spacial score (nSPS) is 15.9. The van der Waals surface area contributed by atoms with Gasteiger partial charge >= 0.3 is 0 Å². The molecule has 0 aromatic heterocycles. The molecule has 4 nitrogen and oxygen atoms in total. The molecule has 0 unspecified atom stereocenters. The van der Waals surface area contributed by atoms with Crippen LogP contribution in [0.2, 0.25) is 0 Å². The Balaban J connectivity index is 2.30. The summed E-state index contributed by atoms with van der Waals surface area (Å²) in [6, 6.07) is 3.76. The lowest BCUT2D eigenvalue weighted by atomic mass is 10.1. The number of hydrogen-bond acceptors (Lipinski definition) is 3. The van der Waals surface area contributed by atoms with Crippen molar-refractivity contribution >= 4 is 27.3 Å². The number of nitro groups is 1. The molecule has 1 aliphatic rings. The van der Waals surface area contributed by atoms with Crippen LogP contribution in [0.1, 0.15) is 38.2 Å². The highest BCUT2D eigenvalue weighted by Gasteiger charge is 2.19. The van der Waals surface area contributed by atoms with E-state index < -0.39 is 0 Å². The van der Waals surface area contributed by atoms with Gasteiger partial charge in [0.1, 0.15) is 0 Å². The standard InChI is InChI=1S/C13H17BrN2O2/c1-2-9-7-11(16(17)18)8-12(14)13(9)15-10-5-3-4-6-10/h7-8,10,15H,2-6H2,1H3. The van der Waals surface area contributed by atoms with Gasteiger partial charge in [-0.3, -0.25) is 10.1 Å². The van der Waals surface area contributed by atoms with E-state index in [2.05, 4.69) is 21.2 Å². The van der Waals surface area contributed by atoms with Crippen LogP contribution in [0.3, 0.4) is 0 Å². The number of nitro benzene ring substituents is 1. The van der Waals surface area contributed by atoms with E-state index in [1.807, 2.05) is 6.92 Å². The Labute approximate surface area is 115 Å². The lowest BCUT2D eigenvalue weighted by Gasteiger charge is -2.18. The van der Waals surface area contributed by atoms with Gasteiger partial charge in [0.15, 0.2) is 0 Å². The van der Waals surface area contributed by atoms with Crippen molar-refractivity contribution < 1.29 is 4.92 Å². The molecule has 1 aromatic rings. The number of hydrogen-bond donors (Lipinski definition) is 1. The first-order valence-electron chi connectivity index (χ1n) is 6.35. The summed E-state index contributed by atoms with van der Waals surface area (Å²) in [5, 5.41) is 14.4. The molecule has 0 amide bonds. The number of rotatable bonds is 4. The van der Waals surface area contributed by atoms with Crippen molar-refractivity contribution in [2.75, 3.05) is 5.32 Å². The van der Waals surface area contributed by atoms with Crippen molar-refractivity contribution in [2.45, 2.75) is 45.1 Å². The summed E-state index contributed by atoms with van der Waals surface area (Å²) in [5.74, 6) is 0. The van der Waals surface area contributed by atoms with E-state index in [-0.39, 0.29) is 10.6 Å². The lowest BCUT2D eigenvalue weighted by molar-refractivity contribution is -0.385. The lowest BCUT2D eigenvalue weighted by Crippen LogP contribution is -2.16. The van der Waals surface area contributed by atoms with Crippen LogP contribution >= 0.6 is 15.9 Å². The van der Waals surface area contributed by atoms with Crippen LogP contribution in [-0.4, -0.2) is 11.0 Å². The Morgan fingerprint density at radius 2 is 2.11 bits per heavy atom.